The number of nitrogens with zero attached hydrogens (tertiary/aromatic N) is 3. The van der Waals surface area contributed by atoms with Crippen LogP contribution in [0.25, 0.3) is 21.9 Å². The molecule has 5 heteroatoms. The average molecular weight is 520 g/mol. The Balaban J connectivity index is 1.58. The molecule has 0 aliphatic rings. The normalized spacial score (nSPS) is 11.6. The minimum atomic E-state index is 0.682. The zero-order valence-corrected chi connectivity index (χ0v) is 24.1. The van der Waals surface area contributed by atoms with Crippen LogP contribution in [0.4, 0.5) is 0 Å². The lowest BCUT2D eigenvalue weighted by Gasteiger charge is -2.10. The molecule has 0 fully saturated rings. The van der Waals surface area contributed by atoms with E-state index in [1.165, 1.54) is 58.2 Å². The fraction of sp³-hybridized carbons (Fsp3) is 0.353. The van der Waals surface area contributed by atoms with Crippen molar-refractivity contribution in [1.82, 2.24) is 20.0 Å². The fourth-order valence-electron chi connectivity index (χ4n) is 5.42. The lowest BCUT2D eigenvalue weighted by Crippen LogP contribution is -2.13. The van der Waals surface area contributed by atoms with E-state index in [0.29, 0.717) is 6.42 Å². The molecule has 0 radical (unpaired) electrons. The first kappa shape index (κ1) is 26.9. The van der Waals surface area contributed by atoms with E-state index in [4.69, 9.17) is 15.8 Å². The molecule has 0 amide bonds. The lowest BCUT2D eigenvalue weighted by atomic mass is 10.0. The van der Waals surface area contributed by atoms with E-state index in [0.717, 1.165) is 52.8 Å². The Morgan fingerprint density at radius 1 is 0.718 bits per heavy atom. The molecule has 0 spiro atoms. The first-order chi connectivity index (χ1) is 18.8. The van der Waals surface area contributed by atoms with Crippen molar-refractivity contribution in [3.63, 3.8) is 0 Å². The number of aromatic nitrogens is 3. The number of nitrogens with two attached hydrogens (primary N) is 1. The summed E-state index contributed by atoms with van der Waals surface area (Å²) in [5, 5.41) is 4.30. The molecule has 3 aromatic carbocycles. The highest BCUT2D eigenvalue weighted by Crippen LogP contribution is 2.30. The maximum atomic E-state index is 6.81. The van der Waals surface area contributed by atoms with E-state index >= 15 is 0 Å². The van der Waals surface area contributed by atoms with Crippen LogP contribution in [0.1, 0.15) is 69.7 Å². The van der Waals surface area contributed by atoms with Gasteiger partial charge in [0, 0.05) is 18.2 Å². The molecule has 5 rings (SSSR count). The van der Waals surface area contributed by atoms with Gasteiger partial charge in [-0.15, -0.1) is 0 Å². The van der Waals surface area contributed by atoms with Gasteiger partial charge in [-0.2, -0.15) is 0 Å². The topological polar surface area (TPSA) is 68.8 Å². The van der Waals surface area contributed by atoms with Gasteiger partial charge in [0.25, 0.3) is 0 Å². The first-order valence-electron chi connectivity index (χ1n) is 14.2. The third-order valence-electron chi connectivity index (χ3n) is 8.10. The van der Waals surface area contributed by atoms with Gasteiger partial charge in [-0.1, -0.05) is 55.0 Å². The van der Waals surface area contributed by atoms with E-state index in [1.54, 1.807) is 4.68 Å². The molecule has 2 aromatic heterocycles. The van der Waals surface area contributed by atoms with Gasteiger partial charge in [0.05, 0.1) is 11.2 Å². The molecular weight excluding hydrogens is 478 g/mol. The molecule has 0 bridgehead atoms. The highest BCUT2D eigenvalue weighted by atomic mass is 15.3. The fourth-order valence-corrected chi connectivity index (χ4v) is 5.42. The maximum Gasteiger partial charge on any atom is 0.132 e. The summed E-state index contributed by atoms with van der Waals surface area (Å²) in [5.41, 5.74) is 12.8. The van der Waals surface area contributed by atoms with Crippen molar-refractivity contribution in [2.24, 2.45) is 0 Å². The smallest absolute Gasteiger partial charge is 0.132 e. The predicted molar refractivity (Wildman–Crippen MR) is 164 cm³/mol. The SMILES string of the molecule is CNCCCCCc1ccc2c(c1)nc(Cc1ccc(C)c(C)c1)c1nc(Cc3ccc(C)c(C)c3)n(N)c12. The summed E-state index contributed by atoms with van der Waals surface area (Å²) in [6.07, 6.45) is 6.08. The number of rotatable bonds is 10. The molecule has 5 aromatic rings. The Morgan fingerprint density at radius 2 is 1.38 bits per heavy atom. The van der Waals surface area contributed by atoms with Crippen LogP contribution in [-0.4, -0.2) is 28.2 Å². The summed E-state index contributed by atoms with van der Waals surface area (Å²) >= 11 is 0. The Hall–Kier alpha value is -3.70. The molecule has 0 aliphatic heterocycles. The molecule has 0 saturated heterocycles. The van der Waals surface area contributed by atoms with Crippen molar-refractivity contribution in [3.8, 4) is 0 Å². The van der Waals surface area contributed by atoms with Crippen molar-refractivity contribution < 1.29 is 0 Å². The van der Waals surface area contributed by atoms with E-state index in [2.05, 4.69) is 87.6 Å². The summed E-state index contributed by atoms with van der Waals surface area (Å²) in [4.78, 5) is 10.3. The Bertz CT molecular complexity index is 1630. The summed E-state index contributed by atoms with van der Waals surface area (Å²) in [7, 11) is 2.01. The Kier molecular flexibility index (Phi) is 7.99. The molecule has 5 nitrogen and oxygen atoms in total. The Labute approximate surface area is 232 Å². The van der Waals surface area contributed by atoms with Gasteiger partial charge >= 0.3 is 0 Å². The number of hydrogen-bond acceptors (Lipinski definition) is 4. The lowest BCUT2D eigenvalue weighted by molar-refractivity contribution is 0.642. The number of hydrogen-bond donors (Lipinski definition) is 2. The third kappa shape index (κ3) is 5.84. The largest absolute Gasteiger partial charge is 0.337 e. The van der Waals surface area contributed by atoms with Crippen LogP contribution in [0.5, 0.6) is 0 Å². The number of nitrogens with one attached hydrogen (secondary N) is 1. The molecule has 0 unspecified atom stereocenters. The Morgan fingerprint density at radius 3 is 2.05 bits per heavy atom. The summed E-state index contributed by atoms with van der Waals surface area (Å²) in [5.74, 6) is 7.67. The molecule has 3 N–H and O–H groups in total. The molecule has 0 aliphatic carbocycles. The maximum absolute atomic E-state index is 6.81. The number of fused-ring (bicyclic) bond motifs is 3. The van der Waals surface area contributed by atoms with Gasteiger partial charge in [-0.25, -0.2) is 9.66 Å². The summed E-state index contributed by atoms with van der Waals surface area (Å²) < 4.78 is 1.80. The average Bonchev–Trinajstić information content (AvgIpc) is 3.24. The van der Waals surface area contributed by atoms with Crippen molar-refractivity contribution in [2.75, 3.05) is 19.4 Å². The van der Waals surface area contributed by atoms with Crippen molar-refractivity contribution in [2.45, 2.75) is 66.2 Å². The third-order valence-corrected chi connectivity index (χ3v) is 8.10. The minimum absolute atomic E-state index is 0.682. The second-order valence-electron chi connectivity index (χ2n) is 11.1. The van der Waals surface area contributed by atoms with Gasteiger partial charge < -0.3 is 11.2 Å². The number of aryl methyl sites for hydroxylation is 5. The zero-order valence-electron chi connectivity index (χ0n) is 24.1. The highest BCUT2D eigenvalue weighted by molar-refractivity contribution is 6.04. The monoisotopic (exact) mass is 519 g/mol. The van der Waals surface area contributed by atoms with Crippen LogP contribution in [0.3, 0.4) is 0 Å². The predicted octanol–water partition coefficient (Wildman–Crippen LogP) is 6.65. The van der Waals surface area contributed by atoms with Crippen molar-refractivity contribution in [1.29, 1.82) is 0 Å². The van der Waals surface area contributed by atoms with Crippen LogP contribution in [0.2, 0.25) is 0 Å². The van der Waals surface area contributed by atoms with Gasteiger partial charge in [-0.05, 0) is 106 Å². The van der Waals surface area contributed by atoms with Crippen LogP contribution in [0, 0.1) is 27.7 Å². The second-order valence-corrected chi connectivity index (χ2v) is 11.1. The van der Waals surface area contributed by atoms with E-state index in [9.17, 15) is 0 Å². The van der Waals surface area contributed by atoms with Crippen LogP contribution in [0.15, 0.2) is 54.6 Å². The molecule has 0 atom stereocenters. The van der Waals surface area contributed by atoms with Gasteiger partial charge in [0.15, 0.2) is 0 Å². The quantitative estimate of drug-likeness (QED) is 0.160. The van der Waals surface area contributed by atoms with Gasteiger partial charge in [0.2, 0.25) is 0 Å². The van der Waals surface area contributed by atoms with Gasteiger partial charge in [0.1, 0.15) is 16.9 Å². The van der Waals surface area contributed by atoms with Crippen molar-refractivity contribution in [3.05, 3.63) is 105 Å². The van der Waals surface area contributed by atoms with Crippen LogP contribution in [-0.2, 0) is 19.3 Å². The minimum Gasteiger partial charge on any atom is -0.337 e. The molecule has 39 heavy (non-hydrogen) atoms. The number of pyridine rings is 1. The molecular formula is C34H41N5. The van der Waals surface area contributed by atoms with Crippen molar-refractivity contribution >= 4 is 21.9 Å². The highest BCUT2D eigenvalue weighted by Gasteiger charge is 2.19. The summed E-state index contributed by atoms with van der Waals surface area (Å²) in [6, 6.07) is 20.0. The summed E-state index contributed by atoms with van der Waals surface area (Å²) in [6.45, 7) is 9.69. The van der Waals surface area contributed by atoms with E-state index in [1.807, 2.05) is 7.05 Å². The van der Waals surface area contributed by atoms with E-state index < -0.39 is 0 Å². The number of benzene rings is 3. The van der Waals surface area contributed by atoms with Gasteiger partial charge in [-0.3, -0.25) is 4.98 Å². The molecule has 202 valence electrons. The molecule has 2 heterocycles. The second kappa shape index (κ2) is 11.6. The van der Waals surface area contributed by atoms with E-state index in [-0.39, 0.29) is 0 Å². The number of imidazole rings is 1. The van der Waals surface area contributed by atoms with Crippen LogP contribution >= 0.6 is 0 Å². The molecule has 0 saturated carbocycles. The standard InChI is InChI=1S/C34H41N5/c1-22-10-12-27(17-24(22)3)20-31-33-34(39(35)32(38-33)21-28-13-11-23(2)25(4)18-28)29-15-14-26(19-30(29)37-31)9-7-6-8-16-36-5/h10-15,17-19,36H,6-9,16,20-21,35H2,1-5H3. The zero-order chi connectivity index (χ0) is 27.5. The van der Waals surface area contributed by atoms with Crippen LogP contribution < -0.4 is 11.2 Å². The number of nitrogen functional groups attached to an aromatic ring is 1. The number of unbranched alkanes of at least 4 members (excludes halogenated alkanes) is 2. The first-order valence-corrected chi connectivity index (χ1v) is 14.2.